The number of carboxylic acids is 1. The third-order valence-corrected chi connectivity index (χ3v) is 5.82. The molecule has 0 saturated heterocycles. The van der Waals surface area contributed by atoms with Crippen LogP contribution in [0.4, 0.5) is 0 Å². The number of hydrogen-bond donors (Lipinski definition) is 1. The van der Waals surface area contributed by atoms with E-state index in [-0.39, 0.29) is 26.0 Å². The number of nitrogens with zero attached hydrogens (tertiary/aromatic N) is 1. The summed E-state index contributed by atoms with van der Waals surface area (Å²) in [5, 5.41) is 14.7. The van der Waals surface area contributed by atoms with Crippen molar-refractivity contribution in [3.8, 4) is 21.6 Å². The minimum Gasteiger partial charge on any atom is -1.00 e. The minimum atomic E-state index is -1.02. The van der Waals surface area contributed by atoms with E-state index in [1.165, 1.54) is 4.88 Å². The van der Waals surface area contributed by atoms with Crippen molar-refractivity contribution in [2.24, 2.45) is 0 Å². The predicted octanol–water partition coefficient (Wildman–Crippen LogP) is 3.60. The van der Waals surface area contributed by atoms with Crippen LogP contribution in [0.5, 0.6) is 0 Å². The fourth-order valence-electron chi connectivity index (χ4n) is 3.60. The molecule has 0 aliphatic carbocycles. The maximum atomic E-state index is 11.5. The van der Waals surface area contributed by atoms with E-state index in [9.17, 15) is 9.90 Å². The molecular weight excluding hydrogens is 373 g/mol. The van der Waals surface area contributed by atoms with Crippen molar-refractivity contribution in [1.29, 1.82) is 0 Å². The molecule has 0 fully saturated rings. The zero-order valence-electron chi connectivity index (χ0n) is 16.8. The number of fused-ring (bicyclic) bond motifs is 2. The molecule has 5 heteroatoms. The van der Waals surface area contributed by atoms with Gasteiger partial charge in [0.1, 0.15) is 5.69 Å². The van der Waals surface area contributed by atoms with E-state index in [1.807, 2.05) is 30.3 Å². The Labute approximate surface area is 185 Å². The normalized spacial score (nSPS) is 10.8. The smallest absolute Gasteiger partial charge is 1.00 e. The molecule has 1 N–H and O–H groups in total. The Hall–Kier alpha value is -2.90. The number of carbonyl (C=O) groups is 1. The first kappa shape index (κ1) is 19.4. The number of aromatic nitrogens is 1. The van der Waals surface area contributed by atoms with Crippen LogP contribution in [0.2, 0.25) is 0 Å². The van der Waals surface area contributed by atoms with Gasteiger partial charge in [0, 0.05) is 15.8 Å². The molecule has 29 heavy (non-hydrogen) atoms. The summed E-state index contributed by atoms with van der Waals surface area (Å²) in [4.78, 5) is 17.2. The van der Waals surface area contributed by atoms with Crippen LogP contribution in [-0.4, -0.2) is 16.1 Å². The molecule has 0 bridgehead atoms. The monoisotopic (exact) mass is 389 g/mol. The first-order valence-corrected chi connectivity index (χ1v) is 9.79. The molecule has 0 amide bonds. The van der Waals surface area contributed by atoms with Crippen molar-refractivity contribution in [3.05, 3.63) is 89.9 Å². The average molecular weight is 389 g/mol. The summed E-state index contributed by atoms with van der Waals surface area (Å²) in [7, 11) is 0. The van der Waals surface area contributed by atoms with Crippen LogP contribution in [0.15, 0.2) is 84.2 Å². The van der Waals surface area contributed by atoms with Gasteiger partial charge in [-0.3, -0.25) is 0 Å². The summed E-state index contributed by atoms with van der Waals surface area (Å²) in [6.07, 6.45) is 0. The van der Waals surface area contributed by atoms with Crippen LogP contribution >= 0.6 is 11.3 Å². The van der Waals surface area contributed by atoms with Crippen molar-refractivity contribution >= 4 is 39.0 Å². The van der Waals surface area contributed by atoms with E-state index in [2.05, 4.69) is 52.8 Å². The van der Waals surface area contributed by atoms with Crippen molar-refractivity contribution in [1.82, 2.24) is 4.98 Å². The average Bonchev–Trinajstić information content (AvgIpc) is 3.27. The van der Waals surface area contributed by atoms with Gasteiger partial charge in [-0.25, -0.2) is 9.78 Å². The fourth-order valence-corrected chi connectivity index (χ4v) is 4.32. The molecular formula is C24H16LiNO2S. The Morgan fingerprint density at radius 1 is 0.862 bits per heavy atom. The van der Waals surface area contributed by atoms with Crippen molar-refractivity contribution in [3.63, 3.8) is 0 Å². The molecule has 0 unspecified atom stereocenters. The van der Waals surface area contributed by atoms with Crippen LogP contribution in [0.1, 0.15) is 11.9 Å². The van der Waals surface area contributed by atoms with Gasteiger partial charge < -0.3 is 6.53 Å². The van der Waals surface area contributed by atoms with Crippen molar-refractivity contribution in [2.45, 2.75) is 0 Å². The van der Waals surface area contributed by atoms with Crippen molar-refractivity contribution < 1.29 is 30.2 Å². The first-order chi connectivity index (χ1) is 13.7. The molecule has 3 aromatic carbocycles. The predicted molar refractivity (Wildman–Crippen MR) is 116 cm³/mol. The summed E-state index contributed by atoms with van der Waals surface area (Å²) in [5.41, 5.74) is 3.86. The minimum absolute atomic E-state index is 0. The zero-order valence-corrected chi connectivity index (χ0v) is 16.6. The van der Waals surface area contributed by atoms with Crippen LogP contribution < -0.4 is 18.9 Å². The molecule has 0 saturated carbocycles. The van der Waals surface area contributed by atoms with Gasteiger partial charge >= 0.3 is 24.8 Å². The number of rotatable bonds is 3. The second kappa shape index (κ2) is 7.85. The van der Waals surface area contributed by atoms with Gasteiger partial charge in [-0.2, -0.15) is 0 Å². The molecule has 0 aliphatic rings. The second-order valence-corrected chi connectivity index (χ2v) is 7.55. The molecule has 0 atom stereocenters. The zero-order chi connectivity index (χ0) is 19.1. The number of thiophene rings is 1. The Bertz CT molecular complexity index is 1350. The van der Waals surface area contributed by atoms with E-state index >= 15 is 0 Å². The summed E-state index contributed by atoms with van der Waals surface area (Å²) in [6, 6.07) is 26.1. The second-order valence-electron chi connectivity index (χ2n) is 6.60. The van der Waals surface area contributed by atoms with E-state index in [0.717, 1.165) is 32.8 Å². The number of benzene rings is 3. The number of carboxylic acid groups (broad SMARTS) is 1. The third-order valence-electron chi connectivity index (χ3n) is 4.90. The maximum absolute atomic E-state index is 11.5. The van der Waals surface area contributed by atoms with Crippen molar-refractivity contribution in [2.75, 3.05) is 0 Å². The fraction of sp³-hybridized carbons (Fsp3) is 0. The van der Waals surface area contributed by atoms with Crippen LogP contribution in [0, 0.1) is 0 Å². The summed E-state index contributed by atoms with van der Waals surface area (Å²) in [5.74, 6) is -1.02. The molecule has 136 valence electrons. The van der Waals surface area contributed by atoms with Gasteiger partial charge in [0.2, 0.25) is 0 Å². The standard InChI is InChI=1S/C24H15NO2S.Li.H/c26-24(27)21-11-10-16-13-17(22-9-4-12-28-22)14-20(23(16)25-21)19-8-3-6-15-5-1-2-7-18(15)19;;/h1-14H,(H,26,27);;/q;+1;-1. The van der Waals surface area contributed by atoms with E-state index in [1.54, 1.807) is 17.4 Å². The molecule has 0 radical (unpaired) electrons. The van der Waals surface area contributed by atoms with Gasteiger partial charge in [-0.15, -0.1) is 11.3 Å². The van der Waals surface area contributed by atoms with Crippen LogP contribution in [0.3, 0.4) is 0 Å². The van der Waals surface area contributed by atoms with Gasteiger partial charge in [-0.05, 0) is 51.5 Å². The first-order valence-electron chi connectivity index (χ1n) is 8.91. The molecule has 2 heterocycles. The van der Waals surface area contributed by atoms with E-state index < -0.39 is 5.97 Å². The van der Waals surface area contributed by atoms with Gasteiger partial charge in [0.15, 0.2) is 0 Å². The summed E-state index contributed by atoms with van der Waals surface area (Å²) in [6.45, 7) is 0. The third kappa shape index (κ3) is 3.47. The molecule has 5 aromatic rings. The Morgan fingerprint density at radius 3 is 2.48 bits per heavy atom. The SMILES string of the molecule is O=C(O)c1ccc2cc(-c3cccs3)cc(-c3cccc4ccccc34)c2n1.[H-].[Li+]. The summed E-state index contributed by atoms with van der Waals surface area (Å²) >= 11 is 1.69. The van der Waals surface area contributed by atoms with Gasteiger partial charge in [0.05, 0.1) is 5.52 Å². The molecule has 0 aliphatic heterocycles. The molecule has 0 spiro atoms. The Balaban J connectivity index is 0.00000128. The molecule has 3 nitrogen and oxygen atoms in total. The maximum Gasteiger partial charge on any atom is 1.00 e. The molecule has 2 aromatic heterocycles. The van der Waals surface area contributed by atoms with E-state index in [0.29, 0.717) is 5.52 Å². The summed E-state index contributed by atoms with van der Waals surface area (Å²) < 4.78 is 0. The largest absolute Gasteiger partial charge is 1.00 e. The van der Waals surface area contributed by atoms with Crippen LogP contribution in [0.25, 0.3) is 43.2 Å². The quantitative estimate of drug-likeness (QED) is 0.480. The Morgan fingerprint density at radius 2 is 1.69 bits per heavy atom. The number of pyridine rings is 1. The van der Waals surface area contributed by atoms with Gasteiger partial charge in [0.25, 0.3) is 0 Å². The molecule has 5 rings (SSSR count). The van der Waals surface area contributed by atoms with Crippen LogP contribution in [-0.2, 0) is 0 Å². The van der Waals surface area contributed by atoms with E-state index in [4.69, 9.17) is 0 Å². The topological polar surface area (TPSA) is 50.2 Å². The number of hydrogen-bond acceptors (Lipinski definition) is 3. The Kier molecular flexibility index (Phi) is 5.25. The van der Waals surface area contributed by atoms with Gasteiger partial charge in [-0.1, -0.05) is 54.6 Å². The number of aromatic carboxylic acids is 1.